The topological polar surface area (TPSA) is 137 Å². The Labute approximate surface area is 312 Å². The van der Waals surface area contributed by atoms with E-state index in [1.807, 2.05) is 20.8 Å². The van der Waals surface area contributed by atoms with Gasteiger partial charge in [0.05, 0.1) is 0 Å². The van der Waals surface area contributed by atoms with Crippen molar-refractivity contribution in [1.29, 1.82) is 0 Å². The van der Waals surface area contributed by atoms with E-state index in [4.69, 9.17) is 5.73 Å². The number of fused-ring (bicyclic) bond motifs is 1. The number of primary amides is 1. The summed E-state index contributed by atoms with van der Waals surface area (Å²) in [6.07, 6.45) is 14.5. The first kappa shape index (κ1) is 38.8. The minimum atomic E-state index is -1.17. The molecule has 2 saturated heterocycles. The molecule has 10 nitrogen and oxygen atoms in total. The molecule has 6 aliphatic rings. The van der Waals surface area contributed by atoms with Gasteiger partial charge in [0.1, 0.15) is 23.7 Å². The number of nitrogens with two attached hydrogens (primary N) is 1. The number of piperidine rings is 1. The molecule has 0 aromatic heterocycles. The zero-order valence-corrected chi connectivity index (χ0v) is 33.2. The summed E-state index contributed by atoms with van der Waals surface area (Å²) in [4.78, 5) is 60.9. The molecule has 0 radical (unpaired) electrons. The number of hydrogen-bond acceptors (Lipinski definition) is 6. The largest absolute Gasteiger partial charge is 0.376 e. The predicted octanol–water partition coefficient (Wildman–Crippen LogP) is 5.18. The summed E-state index contributed by atoms with van der Waals surface area (Å²) in [5.74, 6) is -1.43. The maximum absolute atomic E-state index is 15.1. The van der Waals surface area contributed by atoms with E-state index in [0.29, 0.717) is 25.4 Å². The van der Waals surface area contributed by atoms with Crippen molar-refractivity contribution < 1.29 is 19.2 Å². The van der Waals surface area contributed by atoms with Gasteiger partial charge >= 0.3 is 0 Å². The maximum atomic E-state index is 15.1. The molecule has 0 aromatic rings. The highest BCUT2D eigenvalue weighted by atomic mass is 16.2. The van der Waals surface area contributed by atoms with Crippen molar-refractivity contribution in [3.63, 3.8) is 0 Å². The van der Waals surface area contributed by atoms with E-state index in [1.54, 1.807) is 11.0 Å². The molecule has 52 heavy (non-hydrogen) atoms. The second kappa shape index (κ2) is 13.8. The molecule has 290 valence electrons. The molecule has 2 aliphatic heterocycles. The van der Waals surface area contributed by atoms with Crippen LogP contribution >= 0.6 is 0 Å². The van der Waals surface area contributed by atoms with Crippen LogP contribution in [0.5, 0.6) is 0 Å². The molecular weight excluding hydrogens is 653 g/mol. The van der Waals surface area contributed by atoms with E-state index < -0.39 is 35.0 Å². The lowest BCUT2D eigenvalue weighted by atomic mass is 9.73. The number of carbonyl (C=O) groups is 4. The Hall–Kier alpha value is -2.88. The normalized spacial score (nSPS) is 33.5. The molecule has 7 atom stereocenters. The number of rotatable bonds is 12. The molecule has 10 heteroatoms. The summed E-state index contributed by atoms with van der Waals surface area (Å²) in [5.41, 5.74) is 4.78. The van der Waals surface area contributed by atoms with Gasteiger partial charge < -0.3 is 26.6 Å². The quantitative estimate of drug-likeness (QED) is 0.205. The zero-order valence-electron chi connectivity index (χ0n) is 33.2. The van der Waals surface area contributed by atoms with Crippen LogP contribution in [0.3, 0.4) is 0 Å². The standard InChI is InChI=1S/C42H68N6O4/c1-10-29-23-42(29,37(43)52)46-34(49)31-24-41(39(8,9)40(41)20-16-21-40)25-48(31)36(51)33(38(5,6)7)45-35(50)32(28-17-12-11-13-18-28)44-27(4)30-19-14-15-22-47(30)26(2)3/h10,26,28-33,44H,1,4,11-25H2,2-3,5-9H3,(H2,43,52)(H,45,50)(H,46,49)/t29-,30+,31?,32?,33-,41?,42-/m1/s1. The summed E-state index contributed by atoms with van der Waals surface area (Å²) in [6, 6.07) is -1.61. The van der Waals surface area contributed by atoms with Crippen LogP contribution in [0.4, 0.5) is 0 Å². The minimum Gasteiger partial charge on any atom is -0.376 e. The monoisotopic (exact) mass is 721 g/mol. The van der Waals surface area contributed by atoms with Crippen molar-refractivity contribution in [2.75, 3.05) is 13.1 Å². The molecule has 4 saturated carbocycles. The number of hydrogen-bond donors (Lipinski definition) is 4. The third-order valence-electron chi connectivity index (χ3n) is 15.2. The SMILES string of the molecule is C=C[C@@H]1C[C@]1(NC(=O)C1CC2(CN1C(=O)[C@@H](NC(=O)C(NC(=C)[C@@H]1CCCCN1C(C)C)C1CCCCC1)C(C)(C)C)C(C)(C)C21CCC1)C(N)=O. The van der Waals surface area contributed by atoms with E-state index in [-0.39, 0.29) is 51.8 Å². The van der Waals surface area contributed by atoms with E-state index in [9.17, 15) is 14.4 Å². The summed E-state index contributed by atoms with van der Waals surface area (Å²) in [7, 11) is 0. The smallest absolute Gasteiger partial charge is 0.246 e. The van der Waals surface area contributed by atoms with Crippen LogP contribution in [0.2, 0.25) is 0 Å². The molecule has 0 aromatic carbocycles. The summed E-state index contributed by atoms with van der Waals surface area (Å²) < 4.78 is 0. The molecule has 0 bridgehead atoms. The first-order chi connectivity index (χ1) is 24.4. The molecule has 6 rings (SSSR count). The highest BCUT2D eigenvalue weighted by Crippen LogP contribution is 2.88. The molecule has 5 N–H and O–H groups in total. The summed E-state index contributed by atoms with van der Waals surface area (Å²) in [6.45, 7) is 24.8. The fourth-order valence-electron chi connectivity index (χ4n) is 11.6. The Morgan fingerprint density at radius 2 is 1.54 bits per heavy atom. The molecule has 6 fully saturated rings. The van der Waals surface area contributed by atoms with Crippen LogP contribution < -0.4 is 21.7 Å². The lowest BCUT2D eigenvalue weighted by Gasteiger charge is -2.42. The van der Waals surface area contributed by atoms with Gasteiger partial charge in [0.25, 0.3) is 0 Å². The maximum Gasteiger partial charge on any atom is 0.246 e. The van der Waals surface area contributed by atoms with Gasteiger partial charge in [-0.25, -0.2) is 0 Å². The van der Waals surface area contributed by atoms with Crippen LogP contribution in [0.15, 0.2) is 24.9 Å². The minimum absolute atomic E-state index is 0.0315. The number of nitrogens with one attached hydrogen (secondary N) is 3. The predicted molar refractivity (Wildman–Crippen MR) is 204 cm³/mol. The first-order valence-corrected chi connectivity index (χ1v) is 20.4. The van der Waals surface area contributed by atoms with Gasteiger partial charge in [0.2, 0.25) is 23.6 Å². The zero-order chi connectivity index (χ0) is 38.0. The van der Waals surface area contributed by atoms with Gasteiger partial charge in [0, 0.05) is 35.7 Å². The average molecular weight is 721 g/mol. The van der Waals surface area contributed by atoms with Crippen LogP contribution in [-0.2, 0) is 19.2 Å². The first-order valence-electron chi connectivity index (χ1n) is 20.4. The van der Waals surface area contributed by atoms with Gasteiger partial charge in [-0.2, -0.15) is 0 Å². The van der Waals surface area contributed by atoms with E-state index in [2.05, 4.69) is 61.7 Å². The summed E-state index contributed by atoms with van der Waals surface area (Å²) in [5, 5.41) is 9.94. The summed E-state index contributed by atoms with van der Waals surface area (Å²) >= 11 is 0. The van der Waals surface area contributed by atoms with Crippen molar-refractivity contribution >= 4 is 23.6 Å². The van der Waals surface area contributed by atoms with E-state index in [1.165, 1.54) is 6.42 Å². The van der Waals surface area contributed by atoms with Crippen LogP contribution in [0.25, 0.3) is 0 Å². The lowest BCUT2D eigenvalue weighted by Crippen LogP contribution is -2.62. The fraction of sp³-hybridized carbons (Fsp3) is 0.810. The van der Waals surface area contributed by atoms with Crippen molar-refractivity contribution in [2.45, 2.75) is 168 Å². The number of amides is 4. The third-order valence-corrected chi connectivity index (χ3v) is 15.2. The van der Waals surface area contributed by atoms with Crippen LogP contribution in [0.1, 0.15) is 132 Å². The Bertz CT molecular complexity index is 1460. The third kappa shape index (κ3) is 6.20. The van der Waals surface area contributed by atoms with Crippen LogP contribution in [0, 0.1) is 33.5 Å². The molecule has 2 spiro atoms. The highest BCUT2D eigenvalue weighted by molar-refractivity contribution is 5.98. The lowest BCUT2D eigenvalue weighted by molar-refractivity contribution is -0.145. The Morgan fingerprint density at radius 3 is 2.06 bits per heavy atom. The molecular formula is C42H68N6O4. The van der Waals surface area contributed by atoms with Gasteiger partial charge in [0.15, 0.2) is 0 Å². The second-order valence-corrected chi connectivity index (χ2v) is 19.4. The van der Waals surface area contributed by atoms with Crippen LogP contribution in [-0.4, -0.2) is 82.3 Å². The van der Waals surface area contributed by atoms with E-state index in [0.717, 1.165) is 76.5 Å². The van der Waals surface area contributed by atoms with Gasteiger partial charge in [-0.05, 0) is 93.9 Å². The van der Waals surface area contributed by atoms with Gasteiger partial charge in [-0.1, -0.05) is 79.4 Å². The average Bonchev–Trinajstić information content (AvgIpc) is 3.80. The van der Waals surface area contributed by atoms with Crippen molar-refractivity contribution in [1.82, 2.24) is 25.8 Å². The molecule has 3 unspecified atom stereocenters. The Morgan fingerprint density at radius 1 is 0.885 bits per heavy atom. The Balaban J connectivity index is 1.27. The van der Waals surface area contributed by atoms with Crippen molar-refractivity contribution in [3.05, 3.63) is 24.9 Å². The molecule has 2 heterocycles. The van der Waals surface area contributed by atoms with Gasteiger partial charge in [-0.3, -0.25) is 24.1 Å². The second-order valence-electron chi connectivity index (χ2n) is 19.4. The van der Waals surface area contributed by atoms with Crippen molar-refractivity contribution in [2.24, 2.45) is 39.2 Å². The number of likely N-dealkylation sites (tertiary alicyclic amines) is 2. The number of carbonyl (C=O) groups excluding carboxylic acids is 4. The Kier molecular flexibility index (Phi) is 10.3. The fourth-order valence-corrected chi connectivity index (χ4v) is 11.6. The van der Waals surface area contributed by atoms with E-state index >= 15 is 4.79 Å². The highest BCUT2D eigenvalue weighted by Gasteiger charge is 2.85. The van der Waals surface area contributed by atoms with Crippen molar-refractivity contribution in [3.8, 4) is 0 Å². The van der Waals surface area contributed by atoms with Gasteiger partial charge in [-0.15, -0.1) is 6.58 Å². The molecule has 4 aliphatic carbocycles. The number of nitrogens with zero attached hydrogens (tertiary/aromatic N) is 2. The molecule has 4 amide bonds.